The summed E-state index contributed by atoms with van der Waals surface area (Å²) in [5.74, 6) is 0.947. The number of likely N-dealkylation sites (N-methyl/N-ethyl adjacent to an activating group) is 5. The molecule has 15 rings (SSSR count). The Bertz CT molecular complexity index is 2260. The molecule has 0 aliphatic carbocycles. The molecule has 0 saturated carbocycles. The molecule has 15 heterocycles. The van der Waals surface area contributed by atoms with Gasteiger partial charge in [-0.05, 0) is 149 Å². The van der Waals surface area contributed by atoms with Crippen LogP contribution in [0.2, 0.25) is 0 Å². The third kappa shape index (κ3) is 10.9. The minimum absolute atomic E-state index is 0.265. The quantitative estimate of drug-likeness (QED) is 0.206. The average Bonchev–Trinajstić information content (AvgIpc) is 4.25. The molecule has 5 aromatic heterocycles. The number of nitrogens with zero attached hydrogens (tertiary/aromatic N) is 18. The van der Waals surface area contributed by atoms with Gasteiger partial charge in [0.15, 0.2) is 6.33 Å². The lowest BCUT2D eigenvalue weighted by atomic mass is 9.95. The van der Waals surface area contributed by atoms with E-state index in [0.717, 1.165) is 51.7 Å². The summed E-state index contributed by atoms with van der Waals surface area (Å²) in [6, 6.07) is 5.53. The molecule has 5 atom stereocenters. The van der Waals surface area contributed by atoms with Gasteiger partial charge in [-0.3, -0.25) is 0 Å². The van der Waals surface area contributed by atoms with Gasteiger partial charge in [0.25, 0.3) is 0 Å². The van der Waals surface area contributed by atoms with Gasteiger partial charge >= 0.3 is 12.0 Å². The van der Waals surface area contributed by atoms with Gasteiger partial charge in [-0.15, -0.1) is 5.10 Å². The van der Waals surface area contributed by atoms with Crippen LogP contribution in [-0.4, -0.2) is 225 Å². The Kier molecular flexibility index (Phi) is 15.9. The van der Waals surface area contributed by atoms with E-state index >= 15 is 0 Å². The molecule has 10 aliphatic rings. The molecular weight excluding hydrogens is 981 g/mol. The number of hydrogen-bond acceptors (Lipinski definition) is 22. The van der Waals surface area contributed by atoms with Crippen molar-refractivity contribution in [3.05, 3.63) is 56.0 Å². The zero-order valence-electron chi connectivity index (χ0n) is 46.1. The van der Waals surface area contributed by atoms with Crippen LogP contribution >= 0.6 is 11.5 Å². The first kappa shape index (κ1) is 53.0. The highest BCUT2D eigenvalue weighted by molar-refractivity contribution is 7.10. The van der Waals surface area contributed by atoms with E-state index < -0.39 is 0 Å². The molecule has 0 radical (unpaired) electrons. The topological polar surface area (TPSA) is 175 Å². The lowest BCUT2D eigenvalue weighted by molar-refractivity contribution is 0.343. The van der Waals surface area contributed by atoms with Crippen molar-refractivity contribution in [3.63, 3.8) is 0 Å². The van der Waals surface area contributed by atoms with Crippen LogP contribution < -0.4 is 24.5 Å². The molecule has 5 aromatic rings. The molecule has 10 saturated heterocycles. The molecule has 414 valence electrons. The summed E-state index contributed by atoms with van der Waals surface area (Å²) in [4.78, 5) is 36.7. The van der Waals surface area contributed by atoms with E-state index in [-0.39, 0.29) is 11.1 Å². The number of aromatic nitrogens is 8. The van der Waals surface area contributed by atoms with Crippen LogP contribution in [0, 0.1) is 0 Å². The van der Waals surface area contributed by atoms with Crippen molar-refractivity contribution < 1.29 is 13.5 Å². The first-order chi connectivity index (χ1) is 37.0. The summed E-state index contributed by atoms with van der Waals surface area (Å²) >= 11 is 1.64. The number of likely N-dealkylation sites (tertiary alicyclic amines) is 5. The second kappa shape index (κ2) is 22.8. The Morgan fingerprint density at radius 2 is 0.934 bits per heavy atom. The van der Waals surface area contributed by atoms with E-state index in [9.17, 15) is 0 Å². The van der Waals surface area contributed by atoms with E-state index in [2.05, 4.69) is 130 Å². The van der Waals surface area contributed by atoms with Gasteiger partial charge in [0.05, 0.1) is 52.0 Å². The van der Waals surface area contributed by atoms with Gasteiger partial charge in [-0.25, -0.2) is 9.97 Å². The lowest BCUT2D eigenvalue weighted by Crippen LogP contribution is -2.46. The smallest absolute Gasteiger partial charge is 0.324 e. The first-order valence-electron chi connectivity index (χ1n) is 28.4. The summed E-state index contributed by atoms with van der Waals surface area (Å²) in [6.07, 6.45) is 31.2. The first-order valence-corrected chi connectivity index (χ1v) is 29.2. The molecule has 21 nitrogen and oxygen atoms in total. The Morgan fingerprint density at radius 3 is 1.37 bits per heavy atom. The number of rotatable bonds is 5. The molecule has 5 unspecified atom stereocenters. The molecule has 0 aromatic carbocycles. The maximum absolute atomic E-state index is 5.32. The van der Waals surface area contributed by atoms with Crippen molar-refractivity contribution in [3.8, 4) is 0 Å². The highest BCUT2D eigenvalue weighted by Crippen LogP contribution is 2.44. The standard InChI is InChI=1S/C12H18N4.C11H17N3O.C11H17N3S.2C10H16N4O/c1-15-6-4-12(9-15)3-2-5-16(12)11-7-13-10-14-8-11;2*1-13-8-5-11(9-13)4-2-7-14(11)10-3-6-12-15-10;1-13-6-4-10(7-13)3-2-5-14(10)9-12-11-8-15-9;1-13-6-4-10(7-13)3-2-5-14(10)9-11-8-12-15-9/h7-8,10H,2-6,9H2,1H3;2*3,6H,2,4-5,7-9H2,1H3;2*8H,2-7H2,1H3. The molecule has 0 N–H and O–H groups in total. The van der Waals surface area contributed by atoms with Crippen LogP contribution in [-0.2, 0) is 0 Å². The van der Waals surface area contributed by atoms with Crippen LogP contribution in [0.4, 0.5) is 28.6 Å². The summed E-state index contributed by atoms with van der Waals surface area (Å²) in [5.41, 5.74) is 2.84. The number of hydrogen-bond donors (Lipinski definition) is 0. The van der Waals surface area contributed by atoms with E-state index in [4.69, 9.17) is 13.5 Å². The van der Waals surface area contributed by atoms with Crippen LogP contribution in [0.1, 0.15) is 96.3 Å². The molecular formula is C54H84N18O3S. The summed E-state index contributed by atoms with van der Waals surface area (Å²) in [6.45, 7) is 17.4. The van der Waals surface area contributed by atoms with Gasteiger partial charge in [-0.1, -0.05) is 15.4 Å². The third-order valence-corrected chi connectivity index (χ3v) is 19.8. The second-order valence-corrected chi connectivity index (χ2v) is 24.9. The summed E-state index contributed by atoms with van der Waals surface area (Å²) in [5, 5.41) is 16.7. The van der Waals surface area contributed by atoms with Crippen LogP contribution in [0.15, 0.2) is 69.4 Å². The highest BCUT2D eigenvalue weighted by Gasteiger charge is 2.50. The molecule has 76 heavy (non-hydrogen) atoms. The molecule has 10 aliphatic heterocycles. The molecule has 22 heteroatoms. The monoisotopic (exact) mass is 1060 g/mol. The zero-order valence-corrected chi connectivity index (χ0v) is 46.9. The Morgan fingerprint density at radius 1 is 0.461 bits per heavy atom. The van der Waals surface area contributed by atoms with E-state index in [1.54, 1.807) is 24.1 Å². The normalized spacial score (nSPS) is 31.6. The molecule has 0 amide bonds. The fraction of sp³-hybridized carbons (Fsp3) is 0.741. The van der Waals surface area contributed by atoms with Crippen molar-refractivity contribution in [2.75, 3.05) is 158 Å². The largest absolute Gasteiger partial charge is 0.411 e. The minimum atomic E-state index is 0.265. The summed E-state index contributed by atoms with van der Waals surface area (Å²) < 4.78 is 20.0. The Labute approximate surface area is 454 Å². The van der Waals surface area contributed by atoms with Crippen LogP contribution in [0.25, 0.3) is 0 Å². The van der Waals surface area contributed by atoms with Gasteiger partial charge in [-0.2, -0.15) is 9.36 Å². The van der Waals surface area contributed by atoms with Gasteiger partial charge in [0.2, 0.25) is 12.3 Å². The Balaban J connectivity index is 0.000000101. The van der Waals surface area contributed by atoms with Gasteiger partial charge in [0, 0.05) is 110 Å². The SMILES string of the molecule is CN1CCC2(CCCN2c2ccno2)C1.CN1CCC2(CCCN2c2ccns2)C1.CN1CCC2(CCCN2c2cncnc2)C1.CN1CCC2(CCCN2c2ncno2)C1.CN1CCC2(CCCN2c2nnco2)C1. The van der Waals surface area contributed by atoms with Crippen molar-refractivity contribution in [2.24, 2.45) is 0 Å². The van der Waals surface area contributed by atoms with Crippen molar-refractivity contribution in [1.29, 1.82) is 0 Å². The lowest BCUT2D eigenvalue weighted by Gasteiger charge is -2.36. The number of anilines is 5. The highest BCUT2D eigenvalue weighted by atomic mass is 32.1. The van der Waals surface area contributed by atoms with E-state index in [1.165, 1.54) is 172 Å². The van der Waals surface area contributed by atoms with Crippen molar-refractivity contribution >= 4 is 40.1 Å². The molecule has 5 spiro atoms. The van der Waals surface area contributed by atoms with Crippen LogP contribution in [0.3, 0.4) is 0 Å². The average molecular weight is 1070 g/mol. The van der Waals surface area contributed by atoms with Crippen molar-refractivity contribution in [1.82, 2.24) is 64.3 Å². The van der Waals surface area contributed by atoms with E-state index in [1.807, 2.05) is 24.7 Å². The minimum Gasteiger partial charge on any atom is -0.411 e. The Hall–Kier alpha value is -5.00. The van der Waals surface area contributed by atoms with Gasteiger partial charge in [0.1, 0.15) is 11.3 Å². The maximum atomic E-state index is 5.32. The van der Waals surface area contributed by atoms with Crippen molar-refractivity contribution in [2.45, 2.75) is 124 Å². The molecule has 0 bridgehead atoms. The molecule has 10 fully saturated rings. The third-order valence-electron chi connectivity index (χ3n) is 19.0. The predicted octanol–water partition coefficient (Wildman–Crippen LogP) is 5.81. The predicted molar refractivity (Wildman–Crippen MR) is 296 cm³/mol. The van der Waals surface area contributed by atoms with Gasteiger partial charge < -0.3 is 62.5 Å². The fourth-order valence-electron chi connectivity index (χ4n) is 15.5. The maximum Gasteiger partial charge on any atom is 0.324 e. The van der Waals surface area contributed by atoms with E-state index in [0.29, 0.717) is 28.6 Å². The zero-order chi connectivity index (χ0) is 52.2. The van der Waals surface area contributed by atoms with Crippen LogP contribution in [0.5, 0.6) is 0 Å². The second-order valence-electron chi connectivity index (χ2n) is 24.1. The summed E-state index contributed by atoms with van der Waals surface area (Å²) in [7, 11) is 11.0. The fourth-order valence-corrected chi connectivity index (χ4v) is 16.2.